The molecule has 4 nitrogen and oxygen atoms in total. The molecular weight excluding hydrogens is 202 g/mol. The van der Waals surface area contributed by atoms with Crippen LogP contribution in [-0.4, -0.2) is 17.2 Å². The zero-order valence-electron chi connectivity index (χ0n) is 7.49. The summed E-state index contributed by atoms with van der Waals surface area (Å²) >= 11 is 5.83. The van der Waals surface area contributed by atoms with Gasteiger partial charge >= 0.3 is 0 Å². The van der Waals surface area contributed by atoms with Gasteiger partial charge in [-0.2, -0.15) is 4.98 Å². The number of rotatable bonds is 2. The van der Waals surface area contributed by atoms with Gasteiger partial charge in [-0.15, -0.1) is 0 Å². The van der Waals surface area contributed by atoms with Crippen molar-refractivity contribution in [1.82, 2.24) is 10.1 Å². The summed E-state index contributed by atoms with van der Waals surface area (Å²) in [5, 5.41) is 7.13. The summed E-state index contributed by atoms with van der Waals surface area (Å²) in [6.45, 7) is 0. The standard InChI is InChI=1S/C9H8ClN3O/c1-11-9-12-8(14-13-9)6-3-2-4-7(10)5-6/h2-5H,1H3,(H,11,13). The highest BCUT2D eigenvalue weighted by atomic mass is 35.5. The van der Waals surface area contributed by atoms with Gasteiger partial charge in [-0.1, -0.05) is 17.7 Å². The summed E-state index contributed by atoms with van der Waals surface area (Å²) in [5.41, 5.74) is 0.812. The van der Waals surface area contributed by atoms with E-state index in [1.165, 1.54) is 0 Å². The molecule has 0 aliphatic carbocycles. The number of aromatic nitrogens is 2. The molecule has 0 atom stereocenters. The number of anilines is 1. The lowest BCUT2D eigenvalue weighted by atomic mass is 10.2. The highest BCUT2D eigenvalue weighted by Gasteiger charge is 2.07. The van der Waals surface area contributed by atoms with Crippen molar-refractivity contribution in [1.29, 1.82) is 0 Å². The van der Waals surface area contributed by atoms with E-state index in [0.29, 0.717) is 16.9 Å². The van der Waals surface area contributed by atoms with Crippen LogP contribution in [0.4, 0.5) is 5.95 Å². The number of nitrogens with one attached hydrogen (secondary N) is 1. The predicted molar refractivity (Wildman–Crippen MR) is 54.3 cm³/mol. The van der Waals surface area contributed by atoms with Crippen LogP contribution in [0, 0.1) is 0 Å². The molecule has 0 amide bonds. The minimum Gasteiger partial charge on any atom is -0.355 e. The van der Waals surface area contributed by atoms with E-state index >= 15 is 0 Å². The molecule has 0 saturated carbocycles. The summed E-state index contributed by atoms with van der Waals surface area (Å²) in [4.78, 5) is 4.09. The lowest BCUT2D eigenvalue weighted by Gasteiger charge is -1.93. The van der Waals surface area contributed by atoms with Gasteiger partial charge in [0.25, 0.3) is 11.8 Å². The Morgan fingerprint density at radius 3 is 2.93 bits per heavy atom. The first-order chi connectivity index (χ1) is 6.79. The van der Waals surface area contributed by atoms with Gasteiger partial charge in [-0.05, 0) is 23.4 Å². The monoisotopic (exact) mass is 209 g/mol. The minimum atomic E-state index is 0.455. The first-order valence-electron chi connectivity index (χ1n) is 4.07. The average molecular weight is 210 g/mol. The van der Waals surface area contributed by atoms with Crippen molar-refractivity contribution in [2.24, 2.45) is 0 Å². The number of hydrogen-bond donors (Lipinski definition) is 1. The Morgan fingerprint density at radius 2 is 2.29 bits per heavy atom. The molecule has 0 radical (unpaired) electrons. The third-order valence-electron chi connectivity index (χ3n) is 1.72. The smallest absolute Gasteiger partial charge is 0.263 e. The maximum absolute atomic E-state index is 5.83. The Labute approximate surface area is 85.9 Å². The lowest BCUT2D eigenvalue weighted by Crippen LogP contribution is -1.88. The van der Waals surface area contributed by atoms with Crippen LogP contribution in [0.25, 0.3) is 11.5 Å². The van der Waals surface area contributed by atoms with Gasteiger partial charge in [-0.25, -0.2) is 0 Å². The fraction of sp³-hybridized carbons (Fsp3) is 0.111. The molecule has 0 aliphatic rings. The molecule has 1 aromatic carbocycles. The van der Waals surface area contributed by atoms with Gasteiger partial charge in [-0.3, -0.25) is 0 Å². The van der Waals surface area contributed by atoms with Gasteiger partial charge in [0.05, 0.1) is 0 Å². The van der Waals surface area contributed by atoms with Gasteiger partial charge in [0.15, 0.2) is 0 Å². The fourth-order valence-electron chi connectivity index (χ4n) is 1.06. The van der Waals surface area contributed by atoms with Gasteiger partial charge < -0.3 is 9.84 Å². The molecule has 5 heteroatoms. The van der Waals surface area contributed by atoms with Crippen molar-refractivity contribution >= 4 is 17.5 Å². The lowest BCUT2D eigenvalue weighted by molar-refractivity contribution is 0.432. The molecule has 0 aliphatic heterocycles. The SMILES string of the molecule is CNc1noc(-c2cccc(Cl)c2)n1. The molecule has 0 fully saturated rings. The number of hydrogen-bond acceptors (Lipinski definition) is 4. The van der Waals surface area contributed by atoms with Crippen molar-refractivity contribution in [3.63, 3.8) is 0 Å². The minimum absolute atomic E-state index is 0.455. The van der Waals surface area contributed by atoms with Crippen molar-refractivity contribution in [2.75, 3.05) is 12.4 Å². The van der Waals surface area contributed by atoms with Crippen molar-refractivity contribution < 1.29 is 4.52 Å². The van der Waals surface area contributed by atoms with Crippen molar-refractivity contribution in [2.45, 2.75) is 0 Å². The normalized spacial score (nSPS) is 10.1. The van der Waals surface area contributed by atoms with E-state index in [-0.39, 0.29) is 0 Å². The van der Waals surface area contributed by atoms with Gasteiger partial charge in [0, 0.05) is 17.6 Å². The molecule has 1 N–H and O–H groups in total. The molecule has 2 aromatic rings. The molecule has 14 heavy (non-hydrogen) atoms. The maximum atomic E-state index is 5.83. The van der Waals surface area contributed by atoms with Gasteiger partial charge in [0.1, 0.15) is 0 Å². The predicted octanol–water partition coefficient (Wildman–Crippen LogP) is 2.43. The van der Waals surface area contributed by atoms with Crippen LogP contribution in [0.3, 0.4) is 0 Å². The molecule has 1 heterocycles. The number of nitrogens with zero attached hydrogens (tertiary/aromatic N) is 2. The first kappa shape index (κ1) is 9.02. The van der Waals surface area contributed by atoms with Crippen LogP contribution in [-0.2, 0) is 0 Å². The summed E-state index contributed by atoms with van der Waals surface area (Å²) in [6.07, 6.45) is 0. The summed E-state index contributed by atoms with van der Waals surface area (Å²) in [7, 11) is 1.73. The topological polar surface area (TPSA) is 51.0 Å². The van der Waals surface area contributed by atoms with Crippen LogP contribution < -0.4 is 5.32 Å². The van der Waals surface area contributed by atoms with Crippen LogP contribution in [0.5, 0.6) is 0 Å². The van der Waals surface area contributed by atoms with E-state index in [0.717, 1.165) is 5.56 Å². The molecule has 72 valence electrons. The first-order valence-corrected chi connectivity index (χ1v) is 4.45. The molecule has 2 rings (SSSR count). The van der Waals surface area contributed by atoms with Crippen LogP contribution in [0.2, 0.25) is 5.02 Å². The molecular formula is C9H8ClN3O. The Kier molecular flexibility index (Phi) is 2.37. The summed E-state index contributed by atoms with van der Waals surface area (Å²) in [6, 6.07) is 7.26. The molecule has 0 unspecified atom stereocenters. The largest absolute Gasteiger partial charge is 0.355 e. The van der Waals surface area contributed by atoms with E-state index in [4.69, 9.17) is 16.1 Å². The summed E-state index contributed by atoms with van der Waals surface area (Å²) < 4.78 is 5.01. The molecule has 0 bridgehead atoms. The van der Waals surface area contributed by atoms with Crippen molar-refractivity contribution in [3.05, 3.63) is 29.3 Å². The maximum Gasteiger partial charge on any atom is 0.263 e. The van der Waals surface area contributed by atoms with Crippen molar-refractivity contribution in [3.8, 4) is 11.5 Å². The molecule has 0 saturated heterocycles. The Morgan fingerprint density at radius 1 is 1.43 bits per heavy atom. The Balaban J connectivity index is 2.39. The van der Waals surface area contributed by atoms with E-state index in [9.17, 15) is 0 Å². The van der Waals surface area contributed by atoms with E-state index in [2.05, 4.69) is 15.5 Å². The second kappa shape index (κ2) is 3.67. The zero-order chi connectivity index (χ0) is 9.97. The van der Waals surface area contributed by atoms with E-state index < -0.39 is 0 Å². The molecule has 0 spiro atoms. The Hall–Kier alpha value is -1.55. The number of benzene rings is 1. The highest BCUT2D eigenvalue weighted by molar-refractivity contribution is 6.30. The van der Waals surface area contributed by atoms with Crippen LogP contribution in [0.1, 0.15) is 0 Å². The van der Waals surface area contributed by atoms with Crippen LogP contribution >= 0.6 is 11.6 Å². The average Bonchev–Trinajstić information content (AvgIpc) is 2.66. The van der Waals surface area contributed by atoms with Gasteiger partial charge in [0.2, 0.25) is 0 Å². The van der Waals surface area contributed by atoms with Crippen LogP contribution in [0.15, 0.2) is 28.8 Å². The third kappa shape index (κ3) is 1.70. The second-order valence-corrected chi connectivity index (χ2v) is 3.12. The Bertz CT molecular complexity index is 441. The third-order valence-corrected chi connectivity index (χ3v) is 1.96. The zero-order valence-corrected chi connectivity index (χ0v) is 8.25. The summed E-state index contributed by atoms with van der Waals surface area (Å²) in [5.74, 6) is 0.914. The highest BCUT2D eigenvalue weighted by Crippen LogP contribution is 2.21. The number of halogens is 1. The van der Waals surface area contributed by atoms with E-state index in [1.807, 2.05) is 12.1 Å². The molecule has 1 aromatic heterocycles. The quantitative estimate of drug-likeness (QED) is 0.826. The fourth-order valence-corrected chi connectivity index (χ4v) is 1.25. The second-order valence-electron chi connectivity index (χ2n) is 2.68. The van der Waals surface area contributed by atoms with E-state index in [1.54, 1.807) is 19.2 Å².